The van der Waals surface area contributed by atoms with Crippen molar-refractivity contribution in [2.24, 2.45) is 0 Å². The Morgan fingerprint density at radius 1 is 1.14 bits per heavy atom. The Morgan fingerprint density at radius 2 is 1.77 bits per heavy atom. The highest BCUT2D eigenvalue weighted by molar-refractivity contribution is 9.09. The van der Waals surface area contributed by atoms with E-state index in [-0.39, 0.29) is 5.91 Å². The van der Waals surface area contributed by atoms with Crippen molar-refractivity contribution in [2.75, 3.05) is 51.5 Å². The van der Waals surface area contributed by atoms with Gasteiger partial charge in [-0.2, -0.15) is 5.26 Å². The lowest BCUT2D eigenvalue weighted by atomic mass is 10.4. The minimum Gasteiger partial charge on any atom is -0.378 e. The molecule has 0 saturated carbocycles. The van der Waals surface area contributed by atoms with Gasteiger partial charge in [-0.25, -0.2) is 0 Å². The summed E-state index contributed by atoms with van der Waals surface area (Å²) in [5.74, 6) is -0.185. The number of alkyl halides is 1. The summed E-state index contributed by atoms with van der Waals surface area (Å²) in [5.41, 5.74) is 0. The Balaban J connectivity index is 1.93. The number of ether oxygens (including phenoxy) is 3. The number of halogens is 1. The number of amides is 1. The molecule has 0 bridgehead atoms. The SMILES string of the molecule is N#Cc1ccc(C(=O)NCCOCCOCCOCCBr)s1. The first kappa shape index (κ1) is 19.1. The summed E-state index contributed by atoms with van der Waals surface area (Å²) in [4.78, 5) is 12.8. The highest BCUT2D eigenvalue weighted by atomic mass is 79.9. The fraction of sp³-hybridized carbons (Fsp3) is 0.571. The van der Waals surface area contributed by atoms with Crippen molar-refractivity contribution in [3.8, 4) is 6.07 Å². The second-order valence-electron chi connectivity index (χ2n) is 4.06. The van der Waals surface area contributed by atoms with Crippen LogP contribution >= 0.6 is 27.3 Å². The van der Waals surface area contributed by atoms with Gasteiger partial charge >= 0.3 is 0 Å². The Kier molecular flexibility index (Phi) is 10.9. The zero-order valence-electron chi connectivity index (χ0n) is 12.2. The molecule has 0 atom stereocenters. The minimum absolute atomic E-state index is 0.185. The maximum Gasteiger partial charge on any atom is 0.261 e. The molecule has 0 spiro atoms. The van der Waals surface area contributed by atoms with Crippen LogP contribution in [0.5, 0.6) is 0 Å². The predicted octanol–water partition coefficient (Wildman–Crippen LogP) is 1.79. The van der Waals surface area contributed by atoms with Crippen molar-refractivity contribution < 1.29 is 19.0 Å². The van der Waals surface area contributed by atoms with Crippen molar-refractivity contribution in [3.63, 3.8) is 0 Å². The zero-order chi connectivity index (χ0) is 16.0. The van der Waals surface area contributed by atoms with Crippen molar-refractivity contribution in [1.29, 1.82) is 5.26 Å². The number of hydrogen-bond donors (Lipinski definition) is 1. The van der Waals surface area contributed by atoms with Crippen LogP contribution in [0.1, 0.15) is 14.5 Å². The molecule has 0 saturated heterocycles. The van der Waals surface area contributed by atoms with Gasteiger partial charge in [-0.05, 0) is 12.1 Å². The highest BCUT2D eigenvalue weighted by Gasteiger charge is 2.07. The molecule has 8 heteroatoms. The number of carbonyl (C=O) groups is 1. The van der Waals surface area contributed by atoms with Crippen LogP contribution < -0.4 is 5.32 Å². The number of hydrogen-bond acceptors (Lipinski definition) is 6. The third-order valence-corrected chi connectivity index (χ3v) is 3.75. The van der Waals surface area contributed by atoms with Gasteiger partial charge in [-0.15, -0.1) is 11.3 Å². The van der Waals surface area contributed by atoms with Gasteiger partial charge in [0.25, 0.3) is 5.91 Å². The second kappa shape index (κ2) is 12.6. The van der Waals surface area contributed by atoms with Crippen LogP contribution in [0, 0.1) is 11.3 Å². The molecular weight excluding hydrogens is 372 g/mol. The lowest BCUT2D eigenvalue weighted by Gasteiger charge is -2.07. The maximum absolute atomic E-state index is 11.7. The van der Waals surface area contributed by atoms with Crippen molar-refractivity contribution in [2.45, 2.75) is 0 Å². The summed E-state index contributed by atoms with van der Waals surface area (Å²) in [7, 11) is 0. The zero-order valence-corrected chi connectivity index (χ0v) is 14.6. The molecule has 6 nitrogen and oxygen atoms in total. The van der Waals surface area contributed by atoms with Crippen molar-refractivity contribution in [1.82, 2.24) is 5.32 Å². The van der Waals surface area contributed by atoms with E-state index in [9.17, 15) is 4.79 Å². The number of rotatable bonds is 12. The van der Waals surface area contributed by atoms with E-state index in [4.69, 9.17) is 19.5 Å². The first-order valence-corrected chi connectivity index (χ1v) is 8.79. The highest BCUT2D eigenvalue weighted by Crippen LogP contribution is 2.14. The van der Waals surface area contributed by atoms with Gasteiger partial charge in [-0.1, -0.05) is 15.9 Å². The van der Waals surface area contributed by atoms with E-state index >= 15 is 0 Å². The Hall–Kier alpha value is -0.980. The average molecular weight is 391 g/mol. The number of nitrogens with zero attached hydrogens (tertiary/aromatic N) is 1. The third kappa shape index (κ3) is 8.46. The van der Waals surface area contributed by atoms with Crippen LogP contribution in [-0.2, 0) is 14.2 Å². The number of thiophene rings is 1. The van der Waals surface area contributed by atoms with Gasteiger partial charge in [0.05, 0.1) is 44.5 Å². The molecule has 122 valence electrons. The van der Waals surface area contributed by atoms with Crippen LogP contribution in [0.25, 0.3) is 0 Å². The summed E-state index contributed by atoms with van der Waals surface area (Å²) in [6, 6.07) is 5.28. The Labute approximate surface area is 142 Å². The molecule has 1 N–H and O–H groups in total. The standard InChI is InChI=1S/C14H19BrN2O4S/c15-3-5-19-7-9-21-10-8-20-6-4-17-14(18)13-2-1-12(11-16)22-13/h1-2H,3-10H2,(H,17,18). The van der Waals surface area contributed by atoms with E-state index in [0.29, 0.717) is 55.9 Å². The Bertz CT molecular complexity index is 476. The van der Waals surface area contributed by atoms with Crippen molar-refractivity contribution in [3.05, 3.63) is 21.9 Å². The van der Waals surface area contributed by atoms with Crippen LogP contribution in [0.3, 0.4) is 0 Å². The lowest BCUT2D eigenvalue weighted by molar-refractivity contribution is 0.0181. The van der Waals surface area contributed by atoms with E-state index in [1.807, 2.05) is 6.07 Å². The number of nitrogens with one attached hydrogen (secondary N) is 1. The van der Waals surface area contributed by atoms with Crippen LogP contribution in [-0.4, -0.2) is 57.4 Å². The second-order valence-corrected chi connectivity index (χ2v) is 5.93. The molecule has 0 radical (unpaired) electrons. The van der Waals surface area contributed by atoms with E-state index in [0.717, 1.165) is 5.33 Å². The average Bonchev–Trinajstić information content (AvgIpc) is 3.01. The smallest absolute Gasteiger partial charge is 0.261 e. The normalized spacial score (nSPS) is 10.4. The molecule has 0 fully saturated rings. The molecular formula is C14H19BrN2O4S. The largest absolute Gasteiger partial charge is 0.378 e. The molecule has 1 amide bonds. The molecule has 0 aliphatic heterocycles. The summed E-state index contributed by atoms with van der Waals surface area (Å²) >= 11 is 4.44. The van der Waals surface area contributed by atoms with Crippen LogP contribution in [0.4, 0.5) is 0 Å². The first-order chi connectivity index (χ1) is 10.8. The van der Waals surface area contributed by atoms with E-state index < -0.39 is 0 Å². The summed E-state index contributed by atoms with van der Waals surface area (Å²) in [6.45, 7) is 3.63. The van der Waals surface area contributed by atoms with Crippen molar-refractivity contribution >= 4 is 33.2 Å². The summed E-state index contributed by atoms with van der Waals surface area (Å²) < 4.78 is 15.9. The third-order valence-electron chi connectivity index (χ3n) is 2.44. The molecule has 1 aromatic rings. The molecule has 1 aromatic heterocycles. The van der Waals surface area contributed by atoms with E-state index in [2.05, 4.69) is 21.2 Å². The van der Waals surface area contributed by atoms with Gasteiger partial charge in [0, 0.05) is 11.9 Å². The molecule has 1 heterocycles. The molecule has 22 heavy (non-hydrogen) atoms. The van der Waals surface area contributed by atoms with E-state index in [1.165, 1.54) is 11.3 Å². The van der Waals surface area contributed by atoms with E-state index in [1.54, 1.807) is 12.1 Å². The van der Waals surface area contributed by atoms with Gasteiger partial charge in [0.2, 0.25) is 0 Å². The summed E-state index contributed by atoms with van der Waals surface area (Å²) in [6.07, 6.45) is 0. The molecule has 0 aliphatic rings. The number of nitriles is 1. The lowest BCUT2D eigenvalue weighted by Crippen LogP contribution is -2.27. The van der Waals surface area contributed by atoms with Gasteiger partial charge in [0.15, 0.2) is 0 Å². The summed E-state index contributed by atoms with van der Waals surface area (Å²) in [5, 5.41) is 12.3. The topological polar surface area (TPSA) is 80.6 Å². The van der Waals surface area contributed by atoms with Gasteiger partial charge in [0.1, 0.15) is 10.9 Å². The fourth-order valence-electron chi connectivity index (χ4n) is 1.44. The molecule has 1 rings (SSSR count). The molecule has 0 unspecified atom stereocenters. The quantitative estimate of drug-likeness (QED) is 0.434. The van der Waals surface area contributed by atoms with Gasteiger partial charge in [-0.3, -0.25) is 4.79 Å². The molecule has 0 aliphatic carbocycles. The predicted molar refractivity (Wildman–Crippen MR) is 87.6 cm³/mol. The molecule has 0 aromatic carbocycles. The van der Waals surface area contributed by atoms with Crippen LogP contribution in [0.2, 0.25) is 0 Å². The fourth-order valence-corrected chi connectivity index (χ4v) is 2.39. The van der Waals surface area contributed by atoms with Crippen LogP contribution in [0.15, 0.2) is 12.1 Å². The maximum atomic E-state index is 11.7. The first-order valence-electron chi connectivity index (χ1n) is 6.85. The Morgan fingerprint density at radius 3 is 2.36 bits per heavy atom. The van der Waals surface area contributed by atoms with Gasteiger partial charge < -0.3 is 19.5 Å². The number of carbonyl (C=O) groups excluding carboxylic acids is 1. The minimum atomic E-state index is -0.185. The monoisotopic (exact) mass is 390 g/mol.